The average Bonchev–Trinajstić information content (AvgIpc) is 2.48. The van der Waals surface area contributed by atoms with Gasteiger partial charge < -0.3 is 10.2 Å². The predicted octanol–water partition coefficient (Wildman–Crippen LogP) is 3.27. The molecule has 2 N–H and O–H groups in total. The zero-order valence-electron chi connectivity index (χ0n) is 11.9. The first-order valence-electron chi connectivity index (χ1n) is 7.53. The van der Waals surface area contributed by atoms with Crippen molar-refractivity contribution in [2.75, 3.05) is 6.61 Å². The molecule has 106 valence electrons. The maximum atomic E-state index is 10.9. The second-order valence-electron chi connectivity index (χ2n) is 6.10. The number of hydrogen-bond donors (Lipinski definition) is 2. The molecule has 0 aliphatic heterocycles. The molecule has 0 aromatic heterocycles. The van der Waals surface area contributed by atoms with Gasteiger partial charge >= 0.3 is 0 Å². The average molecular weight is 262 g/mol. The Hall–Kier alpha value is -0.860. The van der Waals surface area contributed by atoms with Crippen molar-refractivity contribution in [2.45, 2.75) is 57.0 Å². The lowest BCUT2D eigenvalue weighted by molar-refractivity contribution is 0.00879. The first kappa shape index (κ1) is 14.5. The van der Waals surface area contributed by atoms with E-state index in [0.29, 0.717) is 12.3 Å². The van der Waals surface area contributed by atoms with Crippen molar-refractivity contribution in [3.05, 3.63) is 35.9 Å². The lowest BCUT2D eigenvalue weighted by atomic mass is 9.68. The third-order valence-corrected chi connectivity index (χ3v) is 4.81. The van der Waals surface area contributed by atoms with Crippen molar-refractivity contribution in [1.29, 1.82) is 0 Å². The molecule has 0 amide bonds. The van der Waals surface area contributed by atoms with Gasteiger partial charge in [-0.25, -0.2) is 0 Å². The van der Waals surface area contributed by atoms with Crippen LogP contribution in [0.15, 0.2) is 30.3 Å². The second-order valence-corrected chi connectivity index (χ2v) is 6.10. The Balaban J connectivity index is 2.22. The van der Waals surface area contributed by atoms with Gasteiger partial charge in [-0.15, -0.1) is 0 Å². The molecule has 2 heteroatoms. The minimum absolute atomic E-state index is 0.120. The Labute approximate surface area is 116 Å². The number of benzene rings is 1. The van der Waals surface area contributed by atoms with E-state index >= 15 is 0 Å². The molecule has 2 nitrogen and oxygen atoms in total. The van der Waals surface area contributed by atoms with Gasteiger partial charge in [-0.2, -0.15) is 0 Å². The van der Waals surface area contributed by atoms with Crippen LogP contribution >= 0.6 is 0 Å². The Morgan fingerprint density at radius 3 is 2.37 bits per heavy atom. The van der Waals surface area contributed by atoms with Crippen LogP contribution in [0.4, 0.5) is 0 Å². The highest BCUT2D eigenvalue weighted by Crippen LogP contribution is 2.39. The van der Waals surface area contributed by atoms with Gasteiger partial charge in [0.15, 0.2) is 0 Å². The van der Waals surface area contributed by atoms with Gasteiger partial charge in [0.2, 0.25) is 0 Å². The first-order chi connectivity index (χ1) is 9.18. The van der Waals surface area contributed by atoms with Crippen LogP contribution in [0.2, 0.25) is 0 Å². The maximum absolute atomic E-state index is 10.9. The highest BCUT2D eigenvalue weighted by atomic mass is 16.3. The first-order valence-corrected chi connectivity index (χ1v) is 7.53. The van der Waals surface area contributed by atoms with Crippen LogP contribution in [-0.2, 0) is 5.41 Å². The lowest BCUT2D eigenvalue weighted by Gasteiger charge is -2.40. The quantitative estimate of drug-likeness (QED) is 0.855. The fraction of sp³-hybridized carbons (Fsp3) is 0.647. The molecule has 1 saturated carbocycles. The van der Waals surface area contributed by atoms with Crippen LogP contribution in [0.25, 0.3) is 0 Å². The molecule has 1 fully saturated rings. The van der Waals surface area contributed by atoms with Crippen LogP contribution in [0.3, 0.4) is 0 Å². The summed E-state index contributed by atoms with van der Waals surface area (Å²) in [5.74, 6) is 0.380. The fourth-order valence-electron chi connectivity index (χ4n) is 3.48. The number of hydrogen-bond acceptors (Lipinski definition) is 2. The SMILES string of the molecule is C[C@](CCO)(c1ccccc1)[C@@H](O)C1CCCCC1. The number of aliphatic hydroxyl groups excluding tert-OH is 2. The molecule has 1 aromatic carbocycles. The Bertz CT molecular complexity index is 370. The van der Waals surface area contributed by atoms with Crippen molar-refractivity contribution in [2.24, 2.45) is 5.92 Å². The van der Waals surface area contributed by atoms with Gasteiger partial charge in [0.1, 0.15) is 0 Å². The van der Waals surface area contributed by atoms with Gasteiger partial charge in [0, 0.05) is 12.0 Å². The van der Waals surface area contributed by atoms with Crippen LogP contribution in [-0.4, -0.2) is 22.9 Å². The summed E-state index contributed by atoms with van der Waals surface area (Å²) in [6, 6.07) is 10.2. The van der Waals surface area contributed by atoms with Gasteiger partial charge in [0.25, 0.3) is 0 Å². The van der Waals surface area contributed by atoms with E-state index in [2.05, 4.69) is 19.1 Å². The van der Waals surface area contributed by atoms with E-state index in [9.17, 15) is 10.2 Å². The number of rotatable bonds is 5. The summed E-state index contributed by atoms with van der Waals surface area (Å²) in [5, 5.41) is 20.3. The van der Waals surface area contributed by atoms with E-state index in [0.717, 1.165) is 18.4 Å². The summed E-state index contributed by atoms with van der Waals surface area (Å²) in [7, 11) is 0. The van der Waals surface area contributed by atoms with E-state index in [-0.39, 0.29) is 18.1 Å². The molecule has 2 rings (SSSR count). The van der Waals surface area contributed by atoms with Crippen molar-refractivity contribution in [3.8, 4) is 0 Å². The molecule has 0 saturated heterocycles. The van der Waals surface area contributed by atoms with Crippen LogP contribution in [0.1, 0.15) is 51.0 Å². The molecule has 0 unspecified atom stereocenters. The van der Waals surface area contributed by atoms with Crippen molar-refractivity contribution < 1.29 is 10.2 Å². The van der Waals surface area contributed by atoms with Gasteiger partial charge in [0.05, 0.1) is 6.10 Å². The molecule has 1 aliphatic carbocycles. The van der Waals surface area contributed by atoms with Crippen LogP contribution in [0.5, 0.6) is 0 Å². The molecular formula is C17H26O2. The lowest BCUT2D eigenvalue weighted by Crippen LogP contribution is -2.43. The van der Waals surface area contributed by atoms with E-state index in [1.165, 1.54) is 19.3 Å². The standard InChI is InChI=1S/C17H26O2/c1-17(12-13-18,15-10-6-3-7-11-15)16(19)14-8-4-2-5-9-14/h3,6-7,10-11,14,16,18-19H,2,4-5,8-9,12-13H2,1H3/t16-,17-/m0/s1. The zero-order chi connectivity index (χ0) is 13.7. The normalized spacial score (nSPS) is 21.8. The highest BCUT2D eigenvalue weighted by Gasteiger charge is 2.39. The maximum Gasteiger partial charge on any atom is 0.0663 e. The Kier molecular flexibility index (Phi) is 5.00. The summed E-state index contributed by atoms with van der Waals surface area (Å²) >= 11 is 0. The van der Waals surface area contributed by atoms with Crippen LogP contribution < -0.4 is 0 Å². The topological polar surface area (TPSA) is 40.5 Å². The summed E-state index contributed by atoms with van der Waals surface area (Å²) in [5.41, 5.74) is 0.806. The predicted molar refractivity (Wildman–Crippen MR) is 78.1 cm³/mol. The molecule has 0 radical (unpaired) electrons. The molecule has 19 heavy (non-hydrogen) atoms. The summed E-state index contributed by atoms with van der Waals surface area (Å²) in [6.07, 6.45) is 6.25. The number of aliphatic hydroxyl groups is 2. The van der Waals surface area contributed by atoms with Crippen molar-refractivity contribution >= 4 is 0 Å². The molecule has 1 aromatic rings. The Morgan fingerprint density at radius 2 is 1.79 bits per heavy atom. The van der Waals surface area contributed by atoms with E-state index in [1.54, 1.807) is 0 Å². The zero-order valence-corrected chi connectivity index (χ0v) is 11.9. The molecule has 0 spiro atoms. The smallest absolute Gasteiger partial charge is 0.0663 e. The minimum Gasteiger partial charge on any atom is -0.396 e. The van der Waals surface area contributed by atoms with Gasteiger partial charge in [-0.05, 0) is 30.7 Å². The van der Waals surface area contributed by atoms with E-state index < -0.39 is 0 Å². The Morgan fingerprint density at radius 1 is 1.16 bits per heavy atom. The third-order valence-electron chi connectivity index (χ3n) is 4.81. The molecule has 1 aliphatic rings. The van der Waals surface area contributed by atoms with Crippen LogP contribution in [0, 0.1) is 5.92 Å². The molecule has 0 heterocycles. The highest BCUT2D eigenvalue weighted by molar-refractivity contribution is 5.26. The second kappa shape index (κ2) is 6.53. The fourth-order valence-corrected chi connectivity index (χ4v) is 3.48. The van der Waals surface area contributed by atoms with E-state index in [1.807, 2.05) is 18.2 Å². The van der Waals surface area contributed by atoms with E-state index in [4.69, 9.17) is 0 Å². The van der Waals surface area contributed by atoms with Gasteiger partial charge in [-0.3, -0.25) is 0 Å². The molecular weight excluding hydrogens is 236 g/mol. The van der Waals surface area contributed by atoms with Crippen molar-refractivity contribution in [3.63, 3.8) is 0 Å². The van der Waals surface area contributed by atoms with Gasteiger partial charge in [-0.1, -0.05) is 56.5 Å². The monoisotopic (exact) mass is 262 g/mol. The largest absolute Gasteiger partial charge is 0.396 e. The minimum atomic E-state index is -0.359. The summed E-state index contributed by atoms with van der Waals surface area (Å²) < 4.78 is 0. The molecule has 0 bridgehead atoms. The van der Waals surface area contributed by atoms with Crippen molar-refractivity contribution in [1.82, 2.24) is 0 Å². The summed E-state index contributed by atoms with van der Waals surface area (Å²) in [4.78, 5) is 0. The summed E-state index contributed by atoms with van der Waals surface area (Å²) in [6.45, 7) is 2.22. The molecule has 2 atom stereocenters. The third kappa shape index (κ3) is 3.18.